The molecular formula is C13H15N3OS2. The molecule has 0 aliphatic carbocycles. The fourth-order valence-electron chi connectivity index (χ4n) is 2.28. The van der Waals surface area contributed by atoms with Gasteiger partial charge < -0.3 is 4.90 Å². The van der Waals surface area contributed by atoms with E-state index in [0.717, 1.165) is 28.5 Å². The van der Waals surface area contributed by atoms with Crippen molar-refractivity contribution in [3.63, 3.8) is 0 Å². The summed E-state index contributed by atoms with van der Waals surface area (Å²) in [6.45, 7) is 0.807. The maximum Gasteiger partial charge on any atom is 0.264 e. The molecule has 3 rings (SSSR count). The predicted octanol–water partition coefficient (Wildman–Crippen LogP) is 2.41. The molecule has 0 aromatic carbocycles. The van der Waals surface area contributed by atoms with Gasteiger partial charge in [-0.3, -0.25) is 9.48 Å². The van der Waals surface area contributed by atoms with Crippen molar-refractivity contribution in [2.45, 2.75) is 6.04 Å². The van der Waals surface area contributed by atoms with E-state index in [2.05, 4.69) is 5.10 Å². The zero-order chi connectivity index (χ0) is 13.2. The maximum absolute atomic E-state index is 12.6. The molecule has 1 amide bonds. The minimum absolute atomic E-state index is 0.141. The third-order valence-corrected chi connectivity index (χ3v) is 5.11. The molecule has 6 heteroatoms. The van der Waals surface area contributed by atoms with Gasteiger partial charge >= 0.3 is 0 Å². The molecule has 1 aliphatic heterocycles. The van der Waals surface area contributed by atoms with Crippen LogP contribution in [0.4, 0.5) is 0 Å². The first kappa shape index (κ1) is 12.7. The fourth-order valence-corrected chi connectivity index (χ4v) is 4.04. The van der Waals surface area contributed by atoms with Gasteiger partial charge in [-0.05, 0) is 11.4 Å². The highest BCUT2D eigenvalue weighted by molar-refractivity contribution is 7.99. The molecule has 0 radical (unpaired) electrons. The number of aryl methyl sites for hydroxylation is 1. The maximum atomic E-state index is 12.6. The van der Waals surface area contributed by atoms with Crippen LogP contribution in [-0.4, -0.2) is 38.6 Å². The summed E-state index contributed by atoms with van der Waals surface area (Å²) in [6, 6.07) is 3.96. The Balaban J connectivity index is 1.87. The van der Waals surface area contributed by atoms with Gasteiger partial charge in [0, 0.05) is 36.9 Å². The number of rotatable bonds is 2. The first-order valence-electron chi connectivity index (χ1n) is 6.16. The zero-order valence-electron chi connectivity index (χ0n) is 10.7. The third-order valence-electron chi connectivity index (χ3n) is 3.23. The topological polar surface area (TPSA) is 38.1 Å². The summed E-state index contributed by atoms with van der Waals surface area (Å²) in [4.78, 5) is 15.4. The first-order valence-corrected chi connectivity index (χ1v) is 8.20. The smallest absolute Gasteiger partial charge is 0.264 e. The largest absolute Gasteiger partial charge is 0.329 e. The van der Waals surface area contributed by atoms with Gasteiger partial charge in [-0.25, -0.2) is 0 Å². The normalized spacial score (nSPS) is 19.6. The Morgan fingerprint density at radius 2 is 2.42 bits per heavy atom. The highest BCUT2D eigenvalue weighted by atomic mass is 32.2. The summed E-state index contributed by atoms with van der Waals surface area (Å²) in [5.41, 5.74) is 1.12. The van der Waals surface area contributed by atoms with E-state index in [4.69, 9.17) is 0 Å². The molecule has 0 unspecified atom stereocenters. The molecule has 0 saturated carbocycles. The number of aromatic nitrogens is 2. The van der Waals surface area contributed by atoms with Gasteiger partial charge in [-0.15, -0.1) is 11.3 Å². The van der Waals surface area contributed by atoms with E-state index in [1.807, 2.05) is 53.6 Å². The van der Waals surface area contributed by atoms with Crippen LogP contribution in [0.2, 0.25) is 0 Å². The Bertz CT molecular complexity index is 564. The SMILES string of the molecule is Cn1cc([C@@H]2CSCCN2C(=O)c2cccs2)cn1. The summed E-state index contributed by atoms with van der Waals surface area (Å²) in [7, 11) is 1.91. The average Bonchev–Trinajstić information content (AvgIpc) is 3.09. The lowest BCUT2D eigenvalue weighted by atomic mass is 10.1. The molecule has 2 aromatic rings. The van der Waals surface area contributed by atoms with Crippen LogP contribution in [0.15, 0.2) is 29.9 Å². The van der Waals surface area contributed by atoms with Crippen LogP contribution in [0.3, 0.4) is 0 Å². The molecule has 4 nitrogen and oxygen atoms in total. The van der Waals surface area contributed by atoms with Gasteiger partial charge in [0.05, 0.1) is 17.1 Å². The van der Waals surface area contributed by atoms with E-state index < -0.39 is 0 Å². The summed E-state index contributed by atoms with van der Waals surface area (Å²) in [5, 5.41) is 6.17. The molecule has 19 heavy (non-hydrogen) atoms. The van der Waals surface area contributed by atoms with Gasteiger partial charge in [0.1, 0.15) is 0 Å². The Kier molecular flexibility index (Phi) is 3.61. The van der Waals surface area contributed by atoms with E-state index in [1.165, 1.54) is 11.3 Å². The van der Waals surface area contributed by atoms with Gasteiger partial charge in [0.2, 0.25) is 0 Å². The monoisotopic (exact) mass is 293 g/mol. The van der Waals surface area contributed by atoms with E-state index in [-0.39, 0.29) is 11.9 Å². The molecule has 100 valence electrons. The summed E-state index contributed by atoms with van der Waals surface area (Å²) in [6.07, 6.45) is 3.87. The van der Waals surface area contributed by atoms with Gasteiger partial charge in [-0.2, -0.15) is 16.9 Å². The highest BCUT2D eigenvalue weighted by Gasteiger charge is 2.30. The summed E-state index contributed by atoms with van der Waals surface area (Å²) < 4.78 is 1.79. The van der Waals surface area contributed by atoms with Crippen LogP contribution in [-0.2, 0) is 7.05 Å². The van der Waals surface area contributed by atoms with E-state index in [1.54, 1.807) is 4.68 Å². The molecule has 3 heterocycles. The first-order chi connectivity index (χ1) is 9.25. The van der Waals surface area contributed by atoms with Crippen LogP contribution in [0, 0.1) is 0 Å². The number of hydrogen-bond acceptors (Lipinski definition) is 4. The predicted molar refractivity (Wildman–Crippen MR) is 78.6 cm³/mol. The highest BCUT2D eigenvalue weighted by Crippen LogP contribution is 2.31. The van der Waals surface area contributed by atoms with Crippen molar-refractivity contribution in [3.8, 4) is 0 Å². The molecule has 1 fully saturated rings. The summed E-state index contributed by atoms with van der Waals surface area (Å²) in [5.74, 6) is 2.10. The number of thiophene rings is 1. The van der Waals surface area contributed by atoms with E-state index >= 15 is 0 Å². The number of hydrogen-bond donors (Lipinski definition) is 0. The molecule has 2 aromatic heterocycles. The second-order valence-corrected chi connectivity index (χ2v) is 6.61. The van der Waals surface area contributed by atoms with Crippen molar-refractivity contribution < 1.29 is 4.79 Å². The van der Waals surface area contributed by atoms with Crippen molar-refractivity contribution in [3.05, 3.63) is 40.3 Å². The van der Waals surface area contributed by atoms with Crippen molar-refractivity contribution in [1.82, 2.24) is 14.7 Å². The average molecular weight is 293 g/mol. The van der Waals surface area contributed by atoms with E-state index in [0.29, 0.717) is 0 Å². The molecule has 1 saturated heterocycles. The third kappa shape index (κ3) is 2.55. The molecule has 1 atom stereocenters. The molecule has 0 N–H and O–H groups in total. The number of thioether (sulfide) groups is 1. The van der Waals surface area contributed by atoms with Gasteiger partial charge in [-0.1, -0.05) is 6.07 Å². The minimum atomic E-state index is 0.141. The Labute approximate surface area is 120 Å². The Morgan fingerprint density at radius 3 is 3.11 bits per heavy atom. The van der Waals surface area contributed by atoms with E-state index in [9.17, 15) is 4.79 Å². The fraction of sp³-hybridized carbons (Fsp3) is 0.385. The number of nitrogens with zero attached hydrogens (tertiary/aromatic N) is 3. The number of carbonyl (C=O) groups excluding carboxylic acids is 1. The molecule has 0 bridgehead atoms. The summed E-state index contributed by atoms with van der Waals surface area (Å²) >= 11 is 3.41. The quantitative estimate of drug-likeness (QED) is 0.853. The Morgan fingerprint density at radius 1 is 1.53 bits per heavy atom. The number of carbonyl (C=O) groups is 1. The van der Waals surface area contributed by atoms with Gasteiger partial charge in [0.15, 0.2) is 0 Å². The van der Waals surface area contributed by atoms with Crippen molar-refractivity contribution in [2.75, 3.05) is 18.1 Å². The molecular weight excluding hydrogens is 278 g/mol. The number of amides is 1. The molecule has 1 aliphatic rings. The van der Waals surface area contributed by atoms with Crippen molar-refractivity contribution >= 4 is 29.0 Å². The lowest BCUT2D eigenvalue weighted by Gasteiger charge is -2.34. The zero-order valence-corrected chi connectivity index (χ0v) is 12.3. The van der Waals surface area contributed by atoms with Crippen LogP contribution in [0.25, 0.3) is 0 Å². The second kappa shape index (κ2) is 5.38. The minimum Gasteiger partial charge on any atom is -0.329 e. The Hall–Kier alpha value is -1.27. The van der Waals surface area contributed by atoms with Crippen LogP contribution < -0.4 is 0 Å². The van der Waals surface area contributed by atoms with Gasteiger partial charge in [0.25, 0.3) is 5.91 Å². The molecule has 0 spiro atoms. The van der Waals surface area contributed by atoms with Crippen molar-refractivity contribution in [1.29, 1.82) is 0 Å². The van der Waals surface area contributed by atoms with Crippen LogP contribution in [0.5, 0.6) is 0 Å². The lowest BCUT2D eigenvalue weighted by Crippen LogP contribution is -2.40. The lowest BCUT2D eigenvalue weighted by molar-refractivity contribution is 0.0706. The van der Waals surface area contributed by atoms with Crippen molar-refractivity contribution in [2.24, 2.45) is 7.05 Å². The van der Waals surface area contributed by atoms with Crippen LogP contribution >= 0.6 is 23.1 Å². The van der Waals surface area contributed by atoms with Crippen LogP contribution in [0.1, 0.15) is 21.3 Å². The standard InChI is InChI=1S/C13H15N3OS2/c1-15-8-10(7-14-15)11-9-18-6-4-16(11)13(17)12-3-2-5-19-12/h2-3,5,7-8,11H,4,6,9H2,1H3/t11-/m0/s1. The second-order valence-electron chi connectivity index (χ2n) is 4.51.